The lowest BCUT2D eigenvalue weighted by molar-refractivity contribution is -0.167. The van der Waals surface area contributed by atoms with Gasteiger partial charge >= 0.3 is 0 Å². The van der Waals surface area contributed by atoms with E-state index >= 15 is 0 Å². The molecule has 3 heterocycles. The highest BCUT2D eigenvalue weighted by atomic mass is 16.5. The maximum atomic E-state index is 12.5. The van der Waals surface area contributed by atoms with Crippen molar-refractivity contribution in [3.05, 3.63) is 24.3 Å². The molecule has 148 valence electrons. The van der Waals surface area contributed by atoms with Crippen molar-refractivity contribution >= 4 is 5.91 Å². The average molecular weight is 374 g/mol. The summed E-state index contributed by atoms with van der Waals surface area (Å²) in [4.78, 5) is 16.9. The standard InChI is InChI=1S/C21H30N2O4/c1-25-18-6-2-3-7-19(18)26-14-20(24)23-15-21(16-23)17(9-13-27-21)8-12-22-10-4-5-11-22/h2-3,6-7,17H,4-5,8-16H2,1H3/t17-/m0/s1. The SMILES string of the molecule is COc1ccccc1OCC(=O)N1CC2(C1)OCC[C@@H]2CCN1CCCC1. The van der Waals surface area contributed by atoms with E-state index in [0.717, 1.165) is 13.0 Å². The summed E-state index contributed by atoms with van der Waals surface area (Å²) in [7, 11) is 1.60. The number of amides is 1. The van der Waals surface area contributed by atoms with E-state index in [1.54, 1.807) is 7.11 Å². The highest BCUT2D eigenvalue weighted by Gasteiger charge is 2.54. The third-order valence-corrected chi connectivity index (χ3v) is 6.28. The van der Waals surface area contributed by atoms with Crippen LogP contribution in [0.25, 0.3) is 0 Å². The number of rotatable bonds is 7. The van der Waals surface area contributed by atoms with Crippen LogP contribution in [0.15, 0.2) is 24.3 Å². The Morgan fingerprint density at radius 2 is 1.96 bits per heavy atom. The Morgan fingerprint density at radius 3 is 2.70 bits per heavy atom. The van der Waals surface area contributed by atoms with Gasteiger partial charge < -0.3 is 24.0 Å². The van der Waals surface area contributed by atoms with Gasteiger partial charge in [-0.15, -0.1) is 0 Å². The molecule has 0 unspecified atom stereocenters. The smallest absolute Gasteiger partial charge is 0.260 e. The summed E-state index contributed by atoms with van der Waals surface area (Å²) in [5.41, 5.74) is -0.111. The summed E-state index contributed by atoms with van der Waals surface area (Å²) < 4.78 is 17.1. The van der Waals surface area contributed by atoms with E-state index in [-0.39, 0.29) is 18.1 Å². The summed E-state index contributed by atoms with van der Waals surface area (Å²) in [6.07, 6.45) is 4.97. The number of benzene rings is 1. The number of hydrogen-bond acceptors (Lipinski definition) is 5. The number of para-hydroxylation sites is 2. The zero-order chi connectivity index (χ0) is 18.7. The molecule has 27 heavy (non-hydrogen) atoms. The van der Waals surface area contributed by atoms with E-state index in [1.165, 1.54) is 38.9 Å². The summed E-state index contributed by atoms with van der Waals surface area (Å²) in [6.45, 7) is 5.91. The molecule has 0 bridgehead atoms. The van der Waals surface area contributed by atoms with Crippen molar-refractivity contribution in [1.82, 2.24) is 9.80 Å². The number of nitrogens with zero attached hydrogens (tertiary/aromatic N) is 2. The first kappa shape index (κ1) is 18.6. The maximum Gasteiger partial charge on any atom is 0.260 e. The molecule has 1 atom stereocenters. The van der Waals surface area contributed by atoms with Gasteiger partial charge in [-0.25, -0.2) is 0 Å². The Hall–Kier alpha value is -1.79. The van der Waals surface area contributed by atoms with E-state index < -0.39 is 0 Å². The minimum atomic E-state index is -0.111. The third kappa shape index (κ3) is 3.92. The summed E-state index contributed by atoms with van der Waals surface area (Å²) in [6, 6.07) is 7.40. The number of methoxy groups -OCH3 is 1. The Kier molecular flexibility index (Phi) is 5.55. The van der Waals surface area contributed by atoms with E-state index in [2.05, 4.69) is 4.90 Å². The summed E-state index contributed by atoms with van der Waals surface area (Å²) in [5, 5.41) is 0. The molecule has 3 aliphatic heterocycles. The van der Waals surface area contributed by atoms with Crippen molar-refractivity contribution in [3.63, 3.8) is 0 Å². The fourth-order valence-corrected chi connectivity index (χ4v) is 4.63. The molecule has 3 saturated heterocycles. The number of carbonyl (C=O) groups is 1. The van der Waals surface area contributed by atoms with Crippen LogP contribution in [0.1, 0.15) is 25.7 Å². The molecule has 0 aromatic heterocycles. The molecule has 0 aliphatic carbocycles. The van der Waals surface area contributed by atoms with Gasteiger partial charge in [0.05, 0.1) is 20.2 Å². The second kappa shape index (κ2) is 8.07. The van der Waals surface area contributed by atoms with Gasteiger partial charge in [0.25, 0.3) is 5.91 Å². The van der Waals surface area contributed by atoms with Crippen molar-refractivity contribution in [2.75, 3.05) is 53.0 Å². The minimum absolute atomic E-state index is 0.0142. The van der Waals surface area contributed by atoms with Gasteiger partial charge in [0, 0.05) is 6.61 Å². The first-order valence-corrected chi connectivity index (χ1v) is 10.1. The molecular weight excluding hydrogens is 344 g/mol. The quantitative estimate of drug-likeness (QED) is 0.732. The number of carbonyl (C=O) groups excluding carboxylic acids is 1. The molecule has 3 fully saturated rings. The lowest BCUT2D eigenvalue weighted by Crippen LogP contribution is -2.66. The molecule has 0 radical (unpaired) electrons. The average Bonchev–Trinajstić information content (AvgIpc) is 3.32. The van der Waals surface area contributed by atoms with Gasteiger partial charge in [-0.05, 0) is 63.4 Å². The van der Waals surface area contributed by atoms with Crippen molar-refractivity contribution in [3.8, 4) is 11.5 Å². The molecule has 4 rings (SSSR count). The van der Waals surface area contributed by atoms with E-state index in [1.807, 2.05) is 29.2 Å². The first-order valence-electron chi connectivity index (χ1n) is 10.1. The second-order valence-electron chi connectivity index (χ2n) is 7.93. The molecule has 1 spiro atoms. The second-order valence-corrected chi connectivity index (χ2v) is 7.93. The predicted molar refractivity (Wildman–Crippen MR) is 102 cm³/mol. The number of hydrogen-bond donors (Lipinski definition) is 0. The number of ether oxygens (including phenoxy) is 3. The Morgan fingerprint density at radius 1 is 1.22 bits per heavy atom. The first-order chi connectivity index (χ1) is 13.2. The van der Waals surface area contributed by atoms with Gasteiger partial charge in [-0.2, -0.15) is 0 Å². The van der Waals surface area contributed by atoms with Gasteiger partial charge in [0.1, 0.15) is 5.60 Å². The molecule has 1 aromatic rings. The summed E-state index contributed by atoms with van der Waals surface area (Å²) in [5.74, 6) is 1.83. The molecule has 3 aliphatic rings. The van der Waals surface area contributed by atoms with Gasteiger partial charge in [0.2, 0.25) is 0 Å². The zero-order valence-corrected chi connectivity index (χ0v) is 16.2. The molecule has 6 nitrogen and oxygen atoms in total. The van der Waals surface area contributed by atoms with Crippen LogP contribution in [0.5, 0.6) is 11.5 Å². The fourth-order valence-electron chi connectivity index (χ4n) is 4.63. The van der Waals surface area contributed by atoms with Gasteiger partial charge in [-0.1, -0.05) is 12.1 Å². The molecule has 6 heteroatoms. The van der Waals surface area contributed by atoms with Crippen LogP contribution in [0.2, 0.25) is 0 Å². The largest absolute Gasteiger partial charge is 0.493 e. The maximum absolute atomic E-state index is 12.5. The van der Waals surface area contributed by atoms with E-state index in [4.69, 9.17) is 14.2 Å². The van der Waals surface area contributed by atoms with Crippen LogP contribution in [-0.2, 0) is 9.53 Å². The van der Waals surface area contributed by atoms with Crippen LogP contribution in [-0.4, -0.2) is 74.4 Å². The molecule has 1 amide bonds. The van der Waals surface area contributed by atoms with Crippen molar-refractivity contribution in [2.45, 2.75) is 31.3 Å². The lowest BCUT2D eigenvalue weighted by atomic mass is 9.79. The van der Waals surface area contributed by atoms with Crippen molar-refractivity contribution in [2.24, 2.45) is 5.92 Å². The highest BCUT2D eigenvalue weighted by molar-refractivity contribution is 5.79. The minimum Gasteiger partial charge on any atom is -0.493 e. The van der Waals surface area contributed by atoms with Gasteiger partial charge in [0.15, 0.2) is 18.1 Å². The topological polar surface area (TPSA) is 51.2 Å². The van der Waals surface area contributed by atoms with Crippen LogP contribution in [0.4, 0.5) is 0 Å². The van der Waals surface area contributed by atoms with Crippen LogP contribution in [0.3, 0.4) is 0 Å². The van der Waals surface area contributed by atoms with E-state index in [0.29, 0.717) is 30.5 Å². The zero-order valence-electron chi connectivity index (χ0n) is 16.2. The molecule has 0 saturated carbocycles. The highest BCUT2D eigenvalue weighted by Crippen LogP contribution is 2.42. The van der Waals surface area contributed by atoms with Crippen molar-refractivity contribution < 1.29 is 19.0 Å². The normalized spacial score (nSPS) is 24.2. The lowest BCUT2D eigenvalue weighted by Gasteiger charge is -2.50. The van der Waals surface area contributed by atoms with Crippen LogP contribution < -0.4 is 9.47 Å². The van der Waals surface area contributed by atoms with Crippen LogP contribution >= 0.6 is 0 Å². The van der Waals surface area contributed by atoms with Crippen molar-refractivity contribution in [1.29, 1.82) is 0 Å². The monoisotopic (exact) mass is 374 g/mol. The Balaban J connectivity index is 1.25. The molecular formula is C21H30N2O4. The summed E-state index contributed by atoms with van der Waals surface area (Å²) >= 11 is 0. The Bertz CT molecular complexity index is 653. The number of likely N-dealkylation sites (tertiary alicyclic amines) is 2. The molecule has 0 N–H and O–H groups in total. The molecule has 1 aromatic carbocycles. The predicted octanol–water partition coefficient (Wildman–Crippen LogP) is 2.18. The fraction of sp³-hybridized carbons (Fsp3) is 0.667. The van der Waals surface area contributed by atoms with Gasteiger partial charge in [-0.3, -0.25) is 4.79 Å². The Labute approximate surface area is 161 Å². The van der Waals surface area contributed by atoms with E-state index in [9.17, 15) is 4.79 Å². The third-order valence-electron chi connectivity index (χ3n) is 6.28. The van der Waals surface area contributed by atoms with Crippen LogP contribution in [0, 0.1) is 5.92 Å².